The first-order valence-corrected chi connectivity index (χ1v) is 5.69. The number of nitrogens with zero attached hydrogens (tertiary/aromatic N) is 3. The smallest absolute Gasteiger partial charge is 0.335 e. The summed E-state index contributed by atoms with van der Waals surface area (Å²) < 4.78 is 0. The molecule has 0 aliphatic heterocycles. The van der Waals surface area contributed by atoms with Gasteiger partial charge >= 0.3 is 5.97 Å². The molecule has 0 spiro atoms. The fraction of sp³-hybridized carbons (Fsp3) is 0. The van der Waals surface area contributed by atoms with Crippen LogP contribution in [0.1, 0.15) is 16.1 Å². The second-order valence-electron chi connectivity index (χ2n) is 3.78. The van der Waals surface area contributed by atoms with E-state index in [4.69, 9.17) is 10.4 Å². The molecule has 0 radical (unpaired) electrons. The summed E-state index contributed by atoms with van der Waals surface area (Å²) in [6.45, 7) is 0. The van der Waals surface area contributed by atoms with Gasteiger partial charge in [0.2, 0.25) is 0 Å². The molecule has 2 aromatic rings. The minimum atomic E-state index is -0.994. The molecule has 0 fully saturated rings. The summed E-state index contributed by atoms with van der Waals surface area (Å²) in [5.41, 5.74) is 4.07. The van der Waals surface area contributed by atoms with E-state index in [1.165, 1.54) is 12.1 Å². The molecule has 1 heterocycles. The van der Waals surface area contributed by atoms with Crippen LogP contribution in [0.4, 0.5) is 5.69 Å². The summed E-state index contributed by atoms with van der Waals surface area (Å²) in [7, 11) is 0. The molecule has 0 aliphatic carbocycles. The van der Waals surface area contributed by atoms with Crippen molar-refractivity contribution in [2.45, 2.75) is 0 Å². The molecular formula is C14H10N4O2. The summed E-state index contributed by atoms with van der Waals surface area (Å²) in [5, 5.41) is 21.8. The molecule has 20 heavy (non-hydrogen) atoms. The number of benzene rings is 1. The molecule has 1 aromatic heterocycles. The van der Waals surface area contributed by atoms with E-state index < -0.39 is 5.97 Å². The highest BCUT2D eigenvalue weighted by Crippen LogP contribution is 2.10. The fourth-order valence-electron chi connectivity index (χ4n) is 1.45. The van der Waals surface area contributed by atoms with Crippen LogP contribution in [0.3, 0.4) is 0 Å². The highest BCUT2D eigenvalue weighted by Gasteiger charge is 2.04. The van der Waals surface area contributed by atoms with Crippen LogP contribution in [-0.2, 0) is 0 Å². The average Bonchev–Trinajstić information content (AvgIpc) is 2.49. The van der Waals surface area contributed by atoms with E-state index in [0.29, 0.717) is 11.4 Å². The van der Waals surface area contributed by atoms with Crippen LogP contribution < -0.4 is 5.43 Å². The number of rotatable bonds is 4. The zero-order valence-electron chi connectivity index (χ0n) is 10.3. The predicted molar refractivity (Wildman–Crippen MR) is 73.4 cm³/mol. The molecule has 0 unspecified atom stereocenters. The van der Waals surface area contributed by atoms with Gasteiger partial charge in [-0.05, 0) is 36.4 Å². The number of carbonyl (C=O) groups is 1. The molecule has 2 N–H and O–H groups in total. The Morgan fingerprint density at radius 1 is 1.25 bits per heavy atom. The monoisotopic (exact) mass is 266 g/mol. The van der Waals surface area contributed by atoms with Crippen LogP contribution in [0.25, 0.3) is 0 Å². The molecule has 2 rings (SSSR count). The second-order valence-corrected chi connectivity index (χ2v) is 3.78. The van der Waals surface area contributed by atoms with Crippen molar-refractivity contribution in [2.75, 3.05) is 5.43 Å². The highest BCUT2D eigenvalue weighted by molar-refractivity contribution is 6.10. The minimum Gasteiger partial charge on any atom is -0.478 e. The van der Waals surface area contributed by atoms with Crippen LogP contribution >= 0.6 is 0 Å². The van der Waals surface area contributed by atoms with Crippen molar-refractivity contribution in [2.24, 2.45) is 5.10 Å². The normalized spacial score (nSPS) is 10.7. The molecule has 0 saturated carbocycles. The number of aromatic carboxylic acids is 1. The molecular weight excluding hydrogens is 256 g/mol. The van der Waals surface area contributed by atoms with Gasteiger partial charge in [0.05, 0.1) is 11.3 Å². The Kier molecular flexibility index (Phi) is 4.04. The van der Waals surface area contributed by atoms with Crippen LogP contribution in [-0.4, -0.2) is 21.8 Å². The Balaban J connectivity index is 2.15. The van der Waals surface area contributed by atoms with E-state index in [0.717, 1.165) is 0 Å². The van der Waals surface area contributed by atoms with Gasteiger partial charge in [0.25, 0.3) is 0 Å². The van der Waals surface area contributed by atoms with Crippen molar-refractivity contribution in [1.29, 1.82) is 5.26 Å². The van der Waals surface area contributed by atoms with Crippen molar-refractivity contribution in [3.05, 3.63) is 59.9 Å². The van der Waals surface area contributed by atoms with Crippen molar-refractivity contribution < 1.29 is 9.90 Å². The Hall–Kier alpha value is -3.20. The van der Waals surface area contributed by atoms with Gasteiger partial charge < -0.3 is 5.11 Å². The van der Waals surface area contributed by atoms with Gasteiger partial charge in [-0.3, -0.25) is 10.4 Å². The number of carboxylic acid groups (broad SMARTS) is 1. The summed E-state index contributed by atoms with van der Waals surface area (Å²) in [6, 6.07) is 13.2. The number of nitriles is 1. The number of hydrogen-bond acceptors (Lipinski definition) is 5. The van der Waals surface area contributed by atoms with Gasteiger partial charge in [-0.25, -0.2) is 4.79 Å². The molecule has 0 saturated heterocycles. The topological polar surface area (TPSA) is 98.4 Å². The van der Waals surface area contributed by atoms with Crippen molar-refractivity contribution in [3.8, 4) is 6.07 Å². The molecule has 0 bridgehead atoms. The predicted octanol–water partition coefficient (Wildman–Crippen LogP) is 2.12. The first kappa shape index (κ1) is 13.2. The van der Waals surface area contributed by atoms with Gasteiger partial charge in [-0.15, -0.1) is 0 Å². The Labute approximate surface area is 115 Å². The number of hydrazone groups is 1. The number of nitrogens with one attached hydrogen (secondary N) is 1. The molecule has 0 atom stereocenters. The van der Waals surface area contributed by atoms with Crippen LogP contribution in [0, 0.1) is 11.3 Å². The molecule has 6 nitrogen and oxygen atoms in total. The van der Waals surface area contributed by atoms with E-state index in [1.54, 1.807) is 36.5 Å². The Bertz CT molecular complexity index is 673. The molecule has 0 amide bonds. The molecule has 6 heteroatoms. The molecule has 0 aliphatic rings. The Morgan fingerprint density at radius 3 is 2.55 bits per heavy atom. The number of pyridine rings is 1. The zero-order chi connectivity index (χ0) is 14.4. The summed E-state index contributed by atoms with van der Waals surface area (Å²) in [6.07, 6.45) is 1.57. The van der Waals surface area contributed by atoms with E-state index in [1.807, 2.05) is 6.07 Å². The van der Waals surface area contributed by atoms with Crippen molar-refractivity contribution in [1.82, 2.24) is 4.98 Å². The van der Waals surface area contributed by atoms with Gasteiger partial charge in [-0.2, -0.15) is 10.4 Å². The maximum atomic E-state index is 10.7. The SMILES string of the molecule is N#C/C(=N\Nc1ccc(C(=O)O)cc1)c1ccccn1. The van der Waals surface area contributed by atoms with E-state index >= 15 is 0 Å². The molecule has 98 valence electrons. The fourth-order valence-corrected chi connectivity index (χ4v) is 1.45. The lowest BCUT2D eigenvalue weighted by Crippen LogP contribution is -2.04. The summed E-state index contributed by atoms with van der Waals surface area (Å²) in [4.78, 5) is 14.7. The third-order valence-corrected chi connectivity index (χ3v) is 2.44. The standard InChI is InChI=1S/C14H10N4O2/c15-9-13(12-3-1-2-8-16-12)18-17-11-6-4-10(5-7-11)14(19)20/h1-8,17H,(H,19,20)/b18-13+. The van der Waals surface area contributed by atoms with E-state index in [-0.39, 0.29) is 11.3 Å². The van der Waals surface area contributed by atoms with Gasteiger partial charge in [0.15, 0.2) is 5.71 Å². The number of anilines is 1. The third kappa shape index (κ3) is 3.17. The van der Waals surface area contributed by atoms with Crippen molar-refractivity contribution >= 4 is 17.4 Å². The Morgan fingerprint density at radius 2 is 2.00 bits per heavy atom. The van der Waals surface area contributed by atoms with Crippen LogP contribution in [0.15, 0.2) is 53.8 Å². The maximum Gasteiger partial charge on any atom is 0.335 e. The lowest BCUT2D eigenvalue weighted by Gasteiger charge is -2.02. The summed E-state index contributed by atoms with van der Waals surface area (Å²) >= 11 is 0. The largest absolute Gasteiger partial charge is 0.478 e. The van der Waals surface area contributed by atoms with E-state index in [2.05, 4.69) is 15.5 Å². The van der Waals surface area contributed by atoms with Gasteiger partial charge in [0, 0.05) is 6.20 Å². The highest BCUT2D eigenvalue weighted by atomic mass is 16.4. The molecule has 1 aromatic carbocycles. The quantitative estimate of drug-likeness (QED) is 0.652. The number of aromatic nitrogens is 1. The minimum absolute atomic E-state index is 0.146. The lowest BCUT2D eigenvalue weighted by molar-refractivity contribution is 0.0697. The number of carboxylic acids is 1. The zero-order valence-corrected chi connectivity index (χ0v) is 10.3. The van der Waals surface area contributed by atoms with Crippen LogP contribution in [0.2, 0.25) is 0 Å². The van der Waals surface area contributed by atoms with Gasteiger partial charge in [0.1, 0.15) is 11.8 Å². The first-order chi connectivity index (χ1) is 9.70. The average molecular weight is 266 g/mol. The maximum absolute atomic E-state index is 10.7. The first-order valence-electron chi connectivity index (χ1n) is 5.69. The van der Waals surface area contributed by atoms with Gasteiger partial charge in [-0.1, -0.05) is 6.07 Å². The summed E-state index contributed by atoms with van der Waals surface area (Å²) in [5.74, 6) is -0.994. The van der Waals surface area contributed by atoms with Crippen LogP contribution in [0.5, 0.6) is 0 Å². The van der Waals surface area contributed by atoms with E-state index in [9.17, 15) is 4.79 Å². The van der Waals surface area contributed by atoms with Crippen molar-refractivity contribution in [3.63, 3.8) is 0 Å². The number of hydrogen-bond donors (Lipinski definition) is 2. The lowest BCUT2D eigenvalue weighted by atomic mass is 10.2. The second kappa shape index (κ2) is 6.11. The third-order valence-electron chi connectivity index (χ3n) is 2.44.